The van der Waals surface area contributed by atoms with Crippen LogP contribution in [0.25, 0.3) is 0 Å². The SMILES string of the molecule is CC(C)c1ccc(C(=O)NC(C)c2ccco2)cc1. The van der Waals surface area contributed by atoms with Crippen molar-refractivity contribution >= 4 is 5.91 Å². The minimum absolute atomic E-state index is 0.0841. The van der Waals surface area contributed by atoms with Gasteiger partial charge in [-0.15, -0.1) is 0 Å². The van der Waals surface area contributed by atoms with Crippen LogP contribution in [0.2, 0.25) is 0 Å². The van der Waals surface area contributed by atoms with E-state index in [1.165, 1.54) is 5.56 Å². The summed E-state index contributed by atoms with van der Waals surface area (Å²) in [6.07, 6.45) is 1.61. The lowest BCUT2D eigenvalue weighted by Crippen LogP contribution is -2.26. The van der Waals surface area contributed by atoms with Crippen LogP contribution in [-0.2, 0) is 0 Å². The number of rotatable bonds is 4. The smallest absolute Gasteiger partial charge is 0.251 e. The van der Waals surface area contributed by atoms with Gasteiger partial charge in [-0.3, -0.25) is 4.79 Å². The molecule has 19 heavy (non-hydrogen) atoms. The van der Waals surface area contributed by atoms with Crippen molar-refractivity contribution in [3.05, 3.63) is 59.5 Å². The number of amides is 1. The van der Waals surface area contributed by atoms with Crippen LogP contribution in [0.1, 0.15) is 54.4 Å². The molecule has 3 nitrogen and oxygen atoms in total. The summed E-state index contributed by atoms with van der Waals surface area (Å²) in [6, 6.07) is 11.3. The Labute approximate surface area is 113 Å². The molecule has 3 heteroatoms. The third kappa shape index (κ3) is 3.25. The molecule has 1 unspecified atom stereocenters. The molecule has 1 aromatic carbocycles. The third-order valence-electron chi connectivity index (χ3n) is 3.16. The monoisotopic (exact) mass is 257 g/mol. The van der Waals surface area contributed by atoms with Crippen molar-refractivity contribution in [2.75, 3.05) is 0 Å². The Bertz CT molecular complexity index is 526. The number of carbonyl (C=O) groups is 1. The van der Waals surface area contributed by atoms with Gasteiger partial charge in [0.2, 0.25) is 0 Å². The molecule has 1 aromatic heterocycles. The predicted octanol–water partition coefficient (Wildman–Crippen LogP) is 3.89. The van der Waals surface area contributed by atoms with Gasteiger partial charge in [0, 0.05) is 5.56 Å². The second-order valence-corrected chi connectivity index (χ2v) is 4.99. The van der Waals surface area contributed by atoms with Gasteiger partial charge in [0.25, 0.3) is 5.91 Å². The fraction of sp³-hybridized carbons (Fsp3) is 0.312. The van der Waals surface area contributed by atoms with E-state index in [2.05, 4.69) is 19.2 Å². The fourth-order valence-corrected chi connectivity index (χ4v) is 1.91. The average Bonchev–Trinajstić information content (AvgIpc) is 2.92. The number of benzene rings is 1. The number of nitrogens with one attached hydrogen (secondary N) is 1. The molecule has 1 N–H and O–H groups in total. The Morgan fingerprint density at radius 2 is 1.79 bits per heavy atom. The zero-order chi connectivity index (χ0) is 13.8. The van der Waals surface area contributed by atoms with E-state index in [0.29, 0.717) is 11.5 Å². The number of hydrogen-bond acceptors (Lipinski definition) is 2. The Balaban J connectivity index is 2.03. The molecule has 0 aliphatic heterocycles. The summed E-state index contributed by atoms with van der Waals surface area (Å²) >= 11 is 0. The Kier molecular flexibility index (Phi) is 4.05. The average molecular weight is 257 g/mol. The highest BCUT2D eigenvalue weighted by Crippen LogP contribution is 2.16. The van der Waals surface area contributed by atoms with Crippen LogP contribution in [0.15, 0.2) is 47.1 Å². The molecule has 0 saturated carbocycles. The van der Waals surface area contributed by atoms with Crippen LogP contribution in [0.5, 0.6) is 0 Å². The van der Waals surface area contributed by atoms with Gasteiger partial charge in [0.15, 0.2) is 0 Å². The minimum Gasteiger partial charge on any atom is -0.467 e. The molecule has 0 aliphatic rings. The second kappa shape index (κ2) is 5.74. The first kappa shape index (κ1) is 13.4. The predicted molar refractivity (Wildman–Crippen MR) is 75.1 cm³/mol. The van der Waals surface area contributed by atoms with E-state index in [1.54, 1.807) is 6.26 Å². The molecule has 2 aromatic rings. The normalized spacial score (nSPS) is 12.4. The lowest BCUT2D eigenvalue weighted by molar-refractivity contribution is 0.0935. The number of carbonyl (C=O) groups excluding carboxylic acids is 1. The second-order valence-electron chi connectivity index (χ2n) is 4.99. The lowest BCUT2D eigenvalue weighted by atomic mass is 10.0. The Morgan fingerprint density at radius 3 is 2.32 bits per heavy atom. The van der Waals surface area contributed by atoms with Gasteiger partial charge in [0.1, 0.15) is 5.76 Å². The standard InChI is InChI=1S/C16H19NO2/c1-11(2)13-6-8-14(9-7-13)16(18)17-12(3)15-5-4-10-19-15/h4-12H,1-3H3,(H,17,18). The van der Waals surface area contributed by atoms with Gasteiger partial charge < -0.3 is 9.73 Å². The first-order valence-corrected chi connectivity index (χ1v) is 6.52. The van der Waals surface area contributed by atoms with Gasteiger partial charge in [-0.25, -0.2) is 0 Å². The van der Waals surface area contributed by atoms with E-state index in [1.807, 2.05) is 43.3 Å². The molecule has 0 spiro atoms. The Morgan fingerprint density at radius 1 is 1.11 bits per heavy atom. The van der Waals surface area contributed by atoms with E-state index in [9.17, 15) is 4.79 Å². The summed E-state index contributed by atoms with van der Waals surface area (Å²) in [4.78, 5) is 12.1. The number of hydrogen-bond donors (Lipinski definition) is 1. The molecule has 0 aliphatic carbocycles. The molecular formula is C16H19NO2. The van der Waals surface area contributed by atoms with E-state index in [4.69, 9.17) is 4.42 Å². The van der Waals surface area contributed by atoms with Crippen LogP contribution in [0, 0.1) is 0 Å². The highest BCUT2D eigenvalue weighted by molar-refractivity contribution is 5.94. The molecule has 2 rings (SSSR count). The van der Waals surface area contributed by atoms with Crippen molar-refractivity contribution in [1.29, 1.82) is 0 Å². The Hall–Kier alpha value is -2.03. The van der Waals surface area contributed by atoms with Crippen LogP contribution < -0.4 is 5.32 Å². The fourth-order valence-electron chi connectivity index (χ4n) is 1.91. The van der Waals surface area contributed by atoms with E-state index >= 15 is 0 Å². The molecule has 0 saturated heterocycles. The van der Waals surface area contributed by atoms with Crippen LogP contribution in [-0.4, -0.2) is 5.91 Å². The third-order valence-corrected chi connectivity index (χ3v) is 3.16. The van der Waals surface area contributed by atoms with Crippen molar-refractivity contribution in [3.63, 3.8) is 0 Å². The van der Waals surface area contributed by atoms with E-state index in [-0.39, 0.29) is 11.9 Å². The number of furan rings is 1. The molecule has 100 valence electrons. The van der Waals surface area contributed by atoms with Gasteiger partial charge in [0.05, 0.1) is 12.3 Å². The maximum Gasteiger partial charge on any atom is 0.251 e. The summed E-state index contributed by atoms with van der Waals surface area (Å²) in [5, 5.41) is 2.91. The molecule has 1 amide bonds. The zero-order valence-electron chi connectivity index (χ0n) is 11.5. The van der Waals surface area contributed by atoms with Crippen molar-refractivity contribution in [2.45, 2.75) is 32.7 Å². The largest absolute Gasteiger partial charge is 0.467 e. The highest BCUT2D eigenvalue weighted by Gasteiger charge is 2.13. The minimum atomic E-state index is -0.132. The van der Waals surface area contributed by atoms with Crippen LogP contribution in [0.4, 0.5) is 0 Å². The van der Waals surface area contributed by atoms with Crippen molar-refractivity contribution in [2.24, 2.45) is 0 Å². The zero-order valence-corrected chi connectivity index (χ0v) is 11.5. The maximum atomic E-state index is 12.1. The van der Waals surface area contributed by atoms with E-state index < -0.39 is 0 Å². The molecular weight excluding hydrogens is 238 g/mol. The van der Waals surface area contributed by atoms with Gasteiger partial charge >= 0.3 is 0 Å². The van der Waals surface area contributed by atoms with E-state index in [0.717, 1.165) is 5.76 Å². The maximum absolute atomic E-state index is 12.1. The van der Waals surface area contributed by atoms with Gasteiger partial charge in [-0.05, 0) is 42.7 Å². The van der Waals surface area contributed by atoms with Gasteiger partial charge in [-0.1, -0.05) is 26.0 Å². The van der Waals surface area contributed by atoms with Crippen molar-refractivity contribution in [1.82, 2.24) is 5.32 Å². The van der Waals surface area contributed by atoms with Crippen LogP contribution >= 0.6 is 0 Å². The first-order valence-electron chi connectivity index (χ1n) is 6.52. The topological polar surface area (TPSA) is 42.2 Å². The summed E-state index contributed by atoms with van der Waals surface area (Å²) < 4.78 is 5.27. The summed E-state index contributed by atoms with van der Waals surface area (Å²) in [6.45, 7) is 6.17. The van der Waals surface area contributed by atoms with Crippen LogP contribution in [0.3, 0.4) is 0 Å². The lowest BCUT2D eigenvalue weighted by Gasteiger charge is -2.12. The summed E-state index contributed by atoms with van der Waals surface area (Å²) in [5.74, 6) is 1.14. The molecule has 1 heterocycles. The first-order chi connectivity index (χ1) is 9.08. The van der Waals surface area contributed by atoms with Crippen molar-refractivity contribution < 1.29 is 9.21 Å². The molecule has 0 fully saturated rings. The molecule has 0 radical (unpaired) electrons. The van der Waals surface area contributed by atoms with Crippen molar-refractivity contribution in [3.8, 4) is 0 Å². The van der Waals surface area contributed by atoms with Gasteiger partial charge in [-0.2, -0.15) is 0 Å². The molecule has 1 atom stereocenters. The highest BCUT2D eigenvalue weighted by atomic mass is 16.3. The molecule has 0 bridgehead atoms. The summed E-state index contributed by atoms with van der Waals surface area (Å²) in [7, 11) is 0. The quantitative estimate of drug-likeness (QED) is 0.902. The summed E-state index contributed by atoms with van der Waals surface area (Å²) in [5.41, 5.74) is 1.90.